The van der Waals surface area contributed by atoms with Gasteiger partial charge in [-0.2, -0.15) is 0 Å². The largest absolute Gasteiger partial charge is 0.496 e. The molecule has 0 fully saturated rings. The molecule has 0 radical (unpaired) electrons. The normalized spacial score (nSPS) is 12.2. The van der Waals surface area contributed by atoms with Crippen molar-refractivity contribution in [3.05, 3.63) is 57.5 Å². The molecule has 0 aliphatic heterocycles. The van der Waals surface area contributed by atoms with E-state index in [1.165, 1.54) is 0 Å². The number of aliphatic hydroxyl groups excluding tert-OH is 1. The Morgan fingerprint density at radius 1 is 1.29 bits per heavy atom. The number of benzene rings is 2. The maximum Gasteiger partial charge on any atom is 0.122 e. The molecule has 2 aromatic rings. The van der Waals surface area contributed by atoms with E-state index < -0.39 is 6.10 Å². The molecule has 2 aromatic carbocycles. The molecule has 1 atom stereocenters. The molecule has 0 saturated carbocycles. The molecule has 1 unspecified atom stereocenters. The van der Waals surface area contributed by atoms with Crippen LogP contribution in [-0.2, 0) is 6.42 Å². The van der Waals surface area contributed by atoms with Gasteiger partial charge < -0.3 is 9.84 Å². The summed E-state index contributed by atoms with van der Waals surface area (Å²) in [6.45, 7) is 0. The lowest BCUT2D eigenvalue weighted by atomic mass is 10.1. The van der Waals surface area contributed by atoms with Crippen molar-refractivity contribution in [3.8, 4) is 5.75 Å². The number of methoxy groups -OCH3 is 1. The second-order valence-electron chi connectivity index (χ2n) is 4.56. The van der Waals surface area contributed by atoms with Crippen LogP contribution in [0.15, 0.2) is 51.8 Å². The summed E-state index contributed by atoms with van der Waals surface area (Å²) < 4.78 is 6.34. The van der Waals surface area contributed by atoms with Gasteiger partial charge in [0, 0.05) is 26.6 Å². The molecule has 0 amide bonds. The van der Waals surface area contributed by atoms with Crippen LogP contribution < -0.4 is 4.74 Å². The molecule has 0 spiro atoms. The molecule has 0 aliphatic carbocycles. The highest BCUT2D eigenvalue weighted by Crippen LogP contribution is 2.29. The number of ether oxygens (including phenoxy) is 1. The third kappa shape index (κ3) is 4.92. The lowest BCUT2D eigenvalue weighted by Crippen LogP contribution is -2.14. The lowest BCUT2D eigenvalue weighted by Gasteiger charge is -2.14. The summed E-state index contributed by atoms with van der Waals surface area (Å²) in [6.07, 6.45) is 0.0516. The van der Waals surface area contributed by atoms with Crippen molar-refractivity contribution in [2.24, 2.45) is 0 Å². The van der Waals surface area contributed by atoms with E-state index in [4.69, 9.17) is 16.3 Å². The first-order chi connectivity index (χ1) is 10.1. The Morgan fingerprint density at radius 2 is 2.05 bits per heavy atom. The zero-order chi connectivity index (χ0) is 15.2. The van der Waals surface area contributed by atoms with Crippen molar-refractivity contribution in [1.29, 1.82) is 0 Å². The fourth-order valence-electron chi connectivity index (χ4n) is 1.97. The van der Waals surface area contributed by atoms with Gasteiger partial charge in [-0.25, -0.2) is 0 Å². The van der Waals surface area contributed by atoms with E-state index in [0.29, 0.717) is 17.2 Å². The minimum absolute atomic E-state index is 0.463. The Labute approximate surface area is 142 Å². The summed E-state index contributed by atoms with van der Waals surface area (Å²) in [6, 6.07) is 13.4. The molecule has 112 valence electrons. The second kappa shape index (κ2) is 8.08. The fraction of sp³-hybridized carbons (Fsp3) is 0.250. The molecule has 21 heavy (non-hydrogen) atoms. The van der Waals surface area contributed by atoms with Crippen LogP contribution in [0.1, 0.15) is 5.56 Å². The predicted molar refractivity (Wildman–Crippen MR) is 92.6 cm³/mol. The first-order valence-electron chi connectivity index (χ1n) is 6.48. The molecule has 0 saturated heterocycles. The van der Waals surface area contributed by atoms with Gasteiger partial charge in [-0.05, 0) is 51.8 Å². The van der Waals surface area contributed by atoms with Crippen LogP contribution >= 0.6 is 39.3 Å². The summed E-state index contributed by atoms with van der Waals surface area (Å²) in [7, 11) is 1.62. The van der Waals surface area contributed by atoms with E-state index in [9.17, 15) is 5.11 Å². The maximum atomic E-state index is 10.2. The Hall–Kier alpha value is -0.680. The SMILES string of the molecule is COc1ccc(Cl)cc1CC(O)CSc1ccccc1Br. The maximum absolute atomic E-state index is 10.2. The van der Waals surface area contributed by atoms with Crippen LogP contribution in [0, 0.1) is 0 Å². The highest BCUT2D eigenvalue weighted by molar-refractivity contribution is 9.10. The average molecular weight is 388 g/mol. The summed E-state index contributed by atoms with van der Waals surface area (Å²) in [5.74, 6) is 1.36. The van der Waals surface area contributed by atoms with Crippen molar-refractivity contribution in [3.63, 3.8) is 0 Å². The number of aliphatic hydroxyl groups is 1. The Bertz CT molecular complexity index is 607. The van der Waals surface area contributed by atoms with Gasteiger partial charge in [-0.15, -0.1) is 11.8 Å². The first kappa shape index (κ1) is 16.7. The molecule has 0 aromatic heterocycles. The van der Waals surface area contributed by atoms with E-state index in [1.807, 2.05) is 36.4 Å². The molecule has 1 N–H and O–H groups in total. The van der Waals surface area contributed by atoms with Gasteiger partial charge in [0.1, 0.15) is 5.75 Å². The fourth-order valence-corrected chi connectivity index (χ4v) is 3.66. The predicted octanol–water partition coefficient (Wildman–Crippen LogP) is 4.81. The van der Waals surface area contributed by atoms with Gasteiger partial charge in [-0.1, -0.05) is 23.7 Å². The molecule has 0 aliphatic rings. The molecule has 0 bridgehead atoms. The monoisotopic (exact) mass is 386 g/mol. The summed E-state index contributed by atoms with van der Waals surface area (Å²) in [5, 5.41) is 10.9. The molecule has 2 nitrogen and oxygen atoms in total. The molecule has 5 heteroatoms. The van der Waals surface area contributed by atoms with Crippen molar-refractivity contribution in [2.75, 3.05) is 12.9 Å². The third-order valence-electron chi connectivity index (χ3n) is 2.97. The van der Waals surface area contributed by atoms with Crippen molar-refractivity contribution in [1.82, 2.24) is 0 Å². The highest BCUT2D eigenvalue weighted by atomic mass is 79.9. The van der Waals surface area contributed by atoms with Crippen LogP contribution in [-0.4, -0.2) is 24.1 Å². The minimum atomic E-state index is -0.463. The van der Waals surface area contributed by atoms with E-state index in [2.05, 4.69) is 15.9 Å². The van der Waals surface area contributed by atoms with E-state index in [1.54, 1.807) is 24.9 Å². The molecule has 2 rings (SSSR count). The van der Waals surface area contributed by atoms with Crippen molar-refractivity contribution in [2.45, 2.75) is 17.4 Å². The van der Waals surface area contributed by atoms with Crippen molar-refractivity contribution >= 4 is 39.3 Å². The highest BCUT2D eigenvalue weighted by Gasteiger charge is 2.12. The minimum Gasteiger partial charge on any atom is -0.496 e. The van der Waals surface area contributed by atoms with Gasteiger partial charge in [0.05, 0.1) is 13.2 Å². The lowest BCUT2D eigenvalue weighted by molar-refractivity contribution is 0.199. The van der Waals surface area contributed by atoms with Crippen LogP contribution in [0.4, 0.5) is 0 Å². The third-order valence-corrected chi connectivity index (χ3v) is 5.37. The van der Waals surface area contributed by atoms with Crippen molar-refractivity contribution < 1.29 is 9.84 Å². The van der Waals surface area contributed by atoms with Gasteiger partial charge in [-0.3, -0.25) is 0 Å². The summed E-state index contributed by atoms with van der Waals surface area (Å²) in [5.41, 5.74) is 0.922. The van der Waals surface area contributed by atoms with Crippen LogP contribution in [0.2, 0.25) is 5.02 Å². The Morgan fingerprint density at radius 3 is 2.76 bits per heavy atom. The van der Waals surface area contributed by atoms with Gasteiger partial charge in [0.15, 0.2) is 0 Å². The van der Waals surface area contributed by atoms with Gasteiger partial charge in [0.2, 0.25) is 0 Å². The standard InChI is InChI=1S/C16H16BrClO2S/c1-20-15-7-6-12(18)8-11(15)9-13(19)10-21-16-5-3-2-4-14(16)17/h2-8,13,19H,9-10H2,1H3. The van der Waals surface area contributed by atoms with Crippen LogP contribution in [0.5, 0.6) is 5.75 Å². The Kier molecular flexibility index (Phi) is 6.42. The quantitative estimate of drug-likeness (QED) is 0.722. The summed E-state index contributed by atoms with van der Waals surface area (Å²) in [4.78, 5) is 1.12. The molecule has 0 heterocycles. The second-order valence-corrected chi connectivity index (χ2v) is 6.91. The topological polar surface area (TPSA) is 29.5 Å². The first-order valence-corrected chi connectivity index (χ1v) is 8.63. The zero-order valence-electron chi connectivity index (χ0n) is 11.6. The van der Waals surface area contributed by atoms with Crippen LogP contribution in [0.25, 0.3) is 0 Å². The molecular weight excluding hydrogens is 372 g/mol. The Balaban J connectivity index is 1.97. The van der Waals surface area contributed by atoms with Gasteiger partial charge in [0.25, 0.3) is 0 Å². The van der Waals surface area contributed by atoms with E-state index >= 15 is 0 Å². The number of rotatable bonds is 6. The number of halogens is 2. The number of hydrogen-bond acceptors (Lipinski definition) is 3. The zero-order valence-corrected chi connectivity index (χ0v) is 14.7. The average Bonchev–Trinajstić information content (AvgIpc) is 2.47. The summed E-state index contributed by atoms with van der Waals surface area (Å²) >= 11 is 11.1. The molecular formula is C16H16BrClO2S. The van der Waals surface area contributed by atoms with E-state index in [-0.39, 0.29) is 0 Å². The van der Waals surface area contributed by atoms with E-state index in [0.717, 1.165) is 20.7 Å². The van der Waals surface area contributed by atoms with Gasteiger partial charge >= 0.3 is 0 Å². The number of thioether (sulfide) groups is 1. The number of hydrogen-bond donors (Lipinski definition) is 1. The smallest absolute Gasteiger partial charge is 0.122 e. The van der Waals surface area contributed by atoms with Crippen LogP contribution in [0.3, 0.4) is 0 Å².